The van der Waals surface area contributed by atoms with Crippen molar-refractivity contribution in [3.05, 3.63) is 78.1 Å². The van der Waals surface area contributed by atoms with Crippen molar-refractivity contribution in [1.82, 2.24) is 14.8 Å². The number of nitrogens with one attached hydrogen (secondary N) is 3. The molecule has 254 valence electrons. The number of rotatable bonds is 11. The highest BCUT2D eigenvalue weighted by Gasteiger charge is 2.23. The largest absolute Gasteiger partial charge is 0.492 e. The highest BCUT2D eigenvalue weighted by Crippen LogP contribution is 2.39. The van der Waals surface area contributed by atoms with Gasteiger partial charge in [0.15, 0.2) is 12.4 Å². The van der Waals surface area contributed by atoms with Crippen LogP contribution in [-0.4, -0.2) is 73.7 Å². The van der Waals surface area contributed by atoms with E-state index in [-0.39, 0.29) is 22.8 Å². The summed E-state index contributed by atoms with van der Waals surface area (Å²) in [4.78, 5) is 46.4. The quantitative estimate of drug-likeness (QED) is 0.155. The molecule has 0 aliphatic carbocycles. The lowest BCUT2D eigenvalue weighted by atomic mass is 9.86. The van der Waals surface area contributed by atoms with Crippen LogP contribution in [0.25, 0.3) is 21.9 Å². The number of urea groups is 1. The summed E-state index contributed by atoms with van der Waals surface area (Å²) in [5.41, 5.74) is 4.74. The summed E-state index contributed by atoms with van der Waals surface area (Å²) >= 11 is 0. The maximum atomic E-state index is 13.5. The van der Waals surface area contributed by atoms with Crippen LogP contribution in [0.3, 0.4) is 0 Å². The molecule has 4 amide bonds. The van der Waals surface area contributed by atoms with E-state index in [1.807, 2.05) is 69.4 Å². The van der Waals surface area contributed by atoms with Gasteiger partial charge in [0.2, 0.25) is 0 Å². The molecule has 0 aliphatic heterocycles. The first kappa shape index (κ1) is 35.7. The lowest BCUT2D eigenvalue weighted by Gasteiger charge is -2.24. The van der Waals surface area contributed by atoms with Crippen LogP contribution < -0.4 is 20.7 Å². The Balaban J connectivity index is 1.59. The van der Waals surface area contributed by atoms with Crippen molar-refractivity contribution in [3.8, 4) is 16.9 Å². The molecule has 3 aromatic carbocycles. The molecule has 0 spiro atoms. The summed E-state index contributed by atoms with van der Waals surface area (Å²) in [6, 6.07) is 19.0. The summed E-state index contributed by atoms with van der Waals surface area (Å²) in [5, 5.41) is 10.4. The van der Waals surface area contributed by atoms with Crippen LogP contribution in [-0.2, 0) is 21.5 Å². The van der Waals surface area contributed by atoms with Crippen molar-refractivity contribution in [1.29, 1.82) is 0 Å². The molecule has 0 radical (unpaired) electrons. The molecule has 0 saturated carbocycles. The summed E-state index contributed by atoms with van der Waals surface area (Å²) in [6.07, 6.45) is 1.07. The minimum absolute atomic E-state index is 0.228. The van der Waals surface area contributed by atoms with Gasteiger partial charge < -0.3 is 25.0 Å². The number of aromatic nitrogens is 1. The van der Waals surface area contributed by atoms with E-state index in [0.717, 1.165) is 52.8 Å². The lowest BCUT2D eigenvalue weighted by Crippen LogP contribution is -2.29. The number of amides is 4. The maximum Gasteiger partial charge on any atom is 0.412 e. The Kier molecular flexibility index (Phi) is 11.6. The fourth-order valence-electron chi connectivity index (χ4n) is 5.16. The average Bonchev–Trinajstić information content (AvgIpc) is 3.06. The second-order valence-electron chi connectivity index (χ2n) is 12.6. The van der Waals surface area contributed by atoms with E-state index in [0.29, 0.717) is 11.4 Å². The number of hydrogen-bond donors (Lipinski definition) is 3. The van der Waals surface area contributed by atoms with E-state index in [4.69, 9.17) is 14.5 Å². The first-order valence-corrected chi connectivity index (χ1v) is 16.0. The molecule has 0 saturated heterocycles. The summed E-state index contributed by atoms with van der Waals surface area (Å²) in [5.74, 6) is -0.133. The molecule has 48 heavy (non-hydrogen) atoms. The number of fused-ring (bicyclic) bond motifs is 1. The van der Waals surface area contributed by atoms with Crippen LogP contribution in [0.1, 0.15) is 45.9 Å². The van der Waals surface area contributed by atoms with Gasteiger partial charge in [0, 0.05) is 37.8 Å². The Morgan fingerprint density at radius 3 is 2.06 bits per heavy atom. The highest BCUT2D eigenvalue weighted by molar-refractivity contribution is 6.10. The molecule has 11 heteroatoms. The molecule has 3 N–H and O–H groups in total. The SMILES string of the molecule is CCN(CC)Cc1ccc(-c2ccc(NC(=O)Nc3cc(C(C)(C)C)cc(NC(=O)OCC(=O)N(C)C)c3OC)c3ccccc23)cn1. The number of hydrogen-bond acceptors (Lipinski definition) is 7. The zero-order chi connectivity index (χ0) is 35.0. The minimum Gasteiger partial charge on any atom is -0.492 e. The Morgan fingerprint density at radius 2 is 1.48 bits per heavy atom. The van der Waals surface area contributed by atoms with Crippen LogP contribution in [0.4, 0.5) is 26.7 Å². The summed E-state index contributed by atoms with van der Waals surface area (Å²) < 4.78 is 10.7. The van der Waals surface area contributed by atoms with Gasteiger partial charge in [0.25, 0.3) is 5.91 Å². The van der Waals surface area contributed by atoms with E-state index in [1.54, 1.807) is 20.2 Å². The number of pyridine rings is 1. The van der Waals surface area contributed by atoms with Crippen LogP contribution >= 0.6 is 0 Å². The number of anilines is 3. The second-order valence-corrected chi connectivity index (χ2v) is 12.6. The minimum atomic E-state index is -0.828. The molecule has 0 aliphatic rings. The number of carbonyl (C=O) groups is 3. The molecule has 4 aromatic rings. The van der Waals surface area contributed by atoms with Gasteiger partial charge in [-0.3, -0.25) is 20.0 Å². The smallest absolute Gasteiger partial charge is 0.412 e. The molecule has 0 atom stereocenters. The normalized spacial score (nSPS) is 11.3. The van der Waals surface area contributed by atoms with Gasteiger partial charge in [-0.25, -0.2) is 9.59 Å². The van der Waals surface area contributed by atoms with Crippen molar-refractivity contribution < 1.29 is 23.9 Å². The number of likely N-dealkylation sites (N-methyl/N-ethyl adjacent to an activating group) is 1. The molecule has 0 fully saturated rings. The Morgan fingerprint density at radius 1 is 0.833 bits per heavy atom. The number of nitrogens with zero attached hydrogens (tertiary/aromatic N) is 3. The van der Waals surface area contributed by atoms with Crippen LogP contribution in [0.2, 0.25) is 0 Å². The van der Waals surface area contributed by atoms with Crippen molar-refractivity contribution in [2.45, 2.75) is 46.6 Å². The van der Waals surface area contributed by atoms with Gasteiger partial charge in [-0.05, 0) is 59.3 Å². The average molecular weight is 655 g/mol. The molecule has 11 nitrogen and oxygen atoms in total. The third-order valence-electron chi connectivity index (χ3n) is 8.06. The number of benzene rings is 3. The fraction of sp³-hybridized carbons (Fsp3) is 0.351. The molecule has 1 heterocycles. The van der Waals surface area contributed by atoms with Crippen molar-refractivity contribution in [2.24, 2.45) is 0 Å². The van der Waals surface area contributed by atoms with Crippen molar-refractivity contribution >= 4 is 45.9 Å². The van der Waals surface area contributed by atoms with E-state index < -0.39 is 18.7 Å². The van der Waals surface area contributed by atoms with E-state index in [9.17, 15) is 14.4 Å². The van der Waals surface area contributed by atoms with Gasteiger partial charge in [-0.2, -0.15) is 0 Å². The predicted octanol–water partition coefficient (Wildman–Crippen LogP) is 7.33. The van der Waals surface area contributed by atoms with Crippen LogP contribution in [0, 0.1) is 0 Å². The van der Waals surface area contributed by atoms with Gasteiger partial charge in [0.05, 0.1) is 29.9 Å². The van der Waals surface area contributed by atoms with Gasteiger partial charge >= 0.3 is 12.1 Å². The zero-order valence-corrected chi connectivity index (χ0v) is 29.1. The Labute approximate surface area is 282 Å². The number of methoxy groups -OCH3 is 1. The van der Waals surface area contributed by atoms with E-state index in [1.165, 1.54) is 12.0 Å². The van der Waals surface area contributed by atoms with Crippen molar-refractivity contribution in [2.75, 3.05) is 56.9 Å². The van der Waals surface area contributed by atoms with Crippen LogP contribution in [0.5, 0.6) is 5.75 Å². The fourth-order valence-corrected chi connectivity index (χ4v) is 5.16. The number of carbonyl (C=O) groups excluding carboxylic acids is 3. The zero-order valence-electron chi connectivity index (χ0n) is 29.1. The molecule has 1 aromatic heterocycles. The van der Waals surface area contributed by atoms with Crippen molar-refractivity contribution in [3.63, 3.8) is 0 Å². The standard InChI is InChI=1S/C37H46N6O5/c1-9-43(10-2)22-26-16-15-24(21-38-26)27-17-18-30(29-14-12-11-13-28(27)29)39-35(45)40-31-19-25(37(3,4)5)20-32(34(31)47-8)41-36(46)48-23-33(44)42(6)7/h11-21H,9-10,22-23H2,1-8H3,(H,41,46)(H2,39,40,45). The molecular weight excluding hydrogens is 608 g/mol. The predicted molar refractivity (Wildman–Crippen MR) is 192 cm³/mol. The van der Waals surface area contributed by atoms with Gasteiger partial charge in [-0.15, -0.1) is 0 Å². The highest BCUT2D eigenvalue weighted by atomic mass is 16.6. The first-order valence-electron chi connectivity index (χ1n) is 16.0. The molecule has 0 unspecified atom stereocenters. The van der Waals surface area contributed by atoms with Gasteiger partial charge in [0.1, 0.15) is 0 Å². The third kappa shape index (κ3) is 8.80. The van der Waals surface area contributed by atoms with Crippen LogP contribution in [0.15, 0.2) is 66.9 Å². The number of ether oxygens (including phenoxy) is 2. The van der Waals surface area contributed by atoms with E-state index >= 15 is 0 Å². The molecule has 0 bridgehead atoms. The summed E-state index contributed by atoms with van der Waals surface area (Å²) in [7, 11) is 4.59. The molecule has 4 rings (SSSR count). The van der Waals surface area contributed by atoms with Gasteiger partial charge in [-0.1, -0.05) is 71.0 Å². The Bertz CT molecular complexity index is 1760. The molecular formula is C37H46N6O5. The summed E-state index contributed by atoms with van der Waals surface area (Å²) in [6.45, 7) is 12.6. The first-order chi connectivity index (χ1) is 22.8. The second kappa shape index (κ2) is 15.6. The monoisotopic (exact) mass is 654 g/mol. The van der Waals surface area contributed by atoms with E-state index in [2.05, 4.69) is 46.8 Å². The lowest BCUT2D eigenvalue weighted by molar-refractivity contribution is -0.131. The topological polar surface area (TPSA) is 125 Å². The maximum absolute atomic E-state index is 13.5. The Hall–Kier alpha value is -5.16. The third-order valence-corrected chi connectivity index (χ3v) is 8.06.